The Morgan fingerprint density at radius 2 is 1.97 bits per heavy atom. The van der Waals surface area contributed by atoms with Crippen LogP contribution in [0.1, 0.15) is 32.2 Å². The summed E-state index contributed by atoms with van der Waals surface area (Å²) in [4.78, 5) is 16.3. The van der Waals surface area contributed by atoms with Crippen LogP contribution in [0.15, 0.2) is 43.2 Å². The number of hydrogen-bond donors (Lipinski definition) is 5. The van der Waals surface area contributed by atoms with E-state index < -0.39 is 56.8 Å². The van der Waals surface area contributed by atoms with Crippen molar-refractivity contribution in [3.63, 3.8) is 0 Å². The zero-order chi connectivity index (χ0) is 27.3. The summed E-state index contributed by atoms with van der Waals surface area (Å²) >= 11 is 0. The fourth-order valence-corrected chi connectivity index (χ4v) is 5.27. The highest BCUT2D eigenvalue weighted by Gasteiger charge is 2.46. The number of nitrogens with one attached hydrogen (secondary N) is 1. The molecule has 0 bridgehead atoms. The van der Waals surface area contributed by atoms with E-state index in [1.54, 1.807) is 30.3 Å². The minimum atomic E-state index is -4.25. The molecule has 1 aromatic carbocycles. The molecule has 13 nitrogen and oxygen atoms in total. The van der Waals surface area contributed by atoms with Gasteiger partial charge in [-0.05, 0) is 24.5 Å². The van der Waals surface area contributed by atoms with Crippen LogP contribution >= 0.6 is 7.75 Å². The summed E-state index contributed by atoms with van der Waals surface area (Å²) in [6.07, 6.45) is -3.99. The summed E-state index contributed by atoms with van der Waals surface area (Å²) in [7, 11) is -3.04. The molecule has 6 N–H and O–H groups in total. The Morgan fingerprint density at radius 3 is 2.54 bits per heavy atom. The number of carbonyl (C=O) groups excluding carboxylic acids is 1. The van der Waals surface area contributed by atoms with Gasteiger partial charge < -0.3 is 35.1 Å². The minimum Gasteiger partial charge on any atom is -0.493 e. The summed E-state index contributed by atoms with van der Waals surface area (Å²) in [6.45, 7) is 6.76. The lowest BCUT2D eigenvalue weighted by Gasteiger charge is -2.26. The summed E-state index contributed by atoms with van der Waals surface area (Å²) < 4.78 is 36.6. The average Bonchev–Trinajstić information content (AvgIpc) is 3.36. The number of nitrogens with zero attached hydrogens (tertiary/aromatic N) is 2. The van der Waals surface area contributed by atoms with Crippen molar-refractivity contribution in [2.24, 2.45) is 11.7 Å². The zero-order valence-corrected chi connectivity index (χ0v) is 21.7. The van der Waals surface area contributed by atoms with Gasteiger partial charge in [-0.3, -0.25) is 13.9 Å². The van der Waals surface area contributed by atoms with E-state index in [1.807, 2.05) is 13.8 Å². The molecule has 37 heavy (non-hydrogen) atoms. The van der Waals surface area contributed by atoms with Gasteiger partial charge in [0.15, 0.2) is 6.23 Å². The molecule has 0 saturated carbocycles. The van der Waals surface area contributed by atoms with Gasteiger partial charge in [-0.15, -0.1) is 0 Å². The normalized spacial score (nSPS) is 23.9. The van der Waals surface area contributed by atoms with Crippen molar-refractivity contribution in [2.45, 2.75) is 50.8 Å². The number of benzene rings is 1. The average molecular weight is 541 g/mol. The Morgan fingerprint density at radius 1 is 1.30 bits per heavy atom. The van der Waals surface area contributed by atoms with Crippen molar-refractivity contribution in [3.05, 3.63) is 48.9 Å². The van der Waals surface area contributed by atoms with Gasteiger partial charge in [0.25, 0.3) is 0 Å². The number of aromatic hydroxyl groups is 1. The maximum Gasteiger partial charge on any atom is 0.459 e. The van der Waals surface area contributed by atoms with Crippen LogP contribution in [-0.2, 0) is 23.4 Å². The van der Waals surface area contributed by atoms with Gasteiger partial charge >= 0.3 is 13.7 Å². The lowest BCUT2D eigenvalue weighted by molar-refractivity contribution is -0.143. The molecule has 14 heteroatoms. The lowest BCUT2D eigenvalue weighted by atomic mass is 10.1. The number of rotatable bonds is 12. The van der Waals surface area contributed by atoms with Crippen molar-refractivity contribution >= 4 is 19.4 Å². The lowest BCUT2D eigenvalue weighted by Crippen LogP contribution is -2.39. The third kappa shape index (κ3) is 6.89. The smallest absolute Gasteiger partial charge is 0.459 e. The second kappa shape index (κ2) is 12.1. The number of aliphatic hydroxyl groups is 2. The van der Waals surface area contributed by atoms with Crippen LogP contribution in [0.4, 0.5) is 0 Å². The van der Waals surface area contributed by atoms with Crippen LogP contribution < -0.4 is 15.3 Å². The first-order valence-corrected chi connectivity index (χ1v) is 13.1. The predicted molar refractivity (Wildman–Crippen MR) is 132 cm³/mol. The third-order valence-corrected chi connectivity index (χ3v) is 7.14. The molecule has 2 aromatic rings. The van der Waals surface area contributed by atoms with Crippen molar-refractivity contribution in [1.82, 2.24) is 14.6 Å². The highest BCUT2D eigenvalue weighted by atomic mass is 31.2. The number of hydrogen-bond acceptors (Lipinski definition) is 11. The third-order valence-electron chi connectivity index (χ3n) is 5.57. The van der Waals surface area contributed by atoms with Crippen LogP contribution in [0, 0.1) is 5.92 Å². The van der Waals surface area contributed by atoms with E-state index in [9.17, 15) is 24.7 Å². The number of para-hydroxylation sites is 1. The van der Waals surface area contributed by atoms with E-state index in [4.69, 9.17) is 24.3 Å². The molecular weight excluding hydrogens is 507 g/mol. The number of nitrogens with two attached hydrogens (primary N) is 1. The van der Waals surface area contributed by atoms with E-state index in [0.29, 0.717) is 0 Å². The maximum atomic E-state index is 13.8. The first-order chi connectivity index (χ1) is 17.5. The van der Waals surface area contributed by atoms with Crippen LogP contribution in [0.2, 0.25) is 0 Å². The SMILES string of the molecule is C=C(N)c1ncn([C@@H]2O[C@H](COP(=O)(N[C@@H](CC(C)C)C(=O)OC)Oc3ccccc3)[C@@H](O)[C@H]2O)c1O. The van der Waals surface area contributed by atoms with Gasteiger partial charge in [-0.1, -0.05) is 38.6 Å². The number of aliphatic hydroxyl groups excluding tert-OH is 2. The minimum absolute atomic E-state index is 0.00389. The largest absolute Gasteiger partial charge is 0.493 e. The zero-order valence-electron chi connectivity index (χ0n) is 20.8. The molecule has 1 aliphatic heterocycles. The molecule has 0 radical (unpaired) electrons. The summed E-state index contributed by atoms with van der Waals surface area (Å²) in [5, 5.41) is 34.1. The van der Waals surface area contributed by atoms with E-state index in [-0.39, 0.29) is 29.5 Å². The van der Waals surface area contributed by atoms with E-state index in [1.165, 1.54) is 13.4 Å². The van der Waals surface area contributed by atoms with E-state index in [0.717, 1.165) is 4.57 Å². The Balaban J connectivity index is 1.80. The Labute approximate surface area is 214 Å². The number of imidazole rings is 1. The standard InChI is InChI=1S/C23H33N4O9P/c1-13(2)10-16(23(31)33-4)26-37(32,36-15-8-6-5-7-9-15)34-11-17-19(28)20(29)22(35-17)27-12-25-18(14(3)24)21(27)30/h5-9,12-13,16-17,19-20,22,28-30H,3,10-11,24H2,1-2,4H3,(H,26,32)/t16-,17+,19+,20+,22+,37?/m0/s1. The maximum absolute atomic E-state index is 13.8. The molecule has 204 valence electrons. The molecule has 0 aliphatic carbocycles. The Kier molecular flexibility index (Phi) is 9.35. The van der Waals surface area contributed by atoms with Crippen LogP contribution in [-0.4, -0.2) is 68.9 Å². The molecular formula is C23H33N4O9P. The molecule has 1 aromatic heterocycles. The number of methoxy groups -OCH3 is 1. The van der Waals surface area contributed by atoms with Crippen molar-refractivity contribution in [1.29, 1.82) is 0 Å². The van der Waals surface area contributed by atoms with E-state index >= 15 is 0 Å². The Bertz CT molecular complexity index is 1130. The van der Waals surface area contributed by atoms with Crippen molar-refractivity contribution in [2.75, 3.05) is 13.7 Å². The Hall–Kier alpha value is -2.93. The van der Waals surface area contributed by atoms with Gasteiger partial charge in [0.1, 0.15) is 42.1 Å². The first kappa shape index (κ1) is 28.6. The van der Waals surface area contributed by atoms with Crippen LogP contribution in [0.25, 0.3) is 5.70 Å². The molecule has 2 heterocycles. The number of carbonyl (C=O) groups is 1. The molecule has 1 aliphatic rings. The number of aromatic nitrogens is 2. The highest BCUT2D eigenvalue weighted by molar-refractivity contribution is 7.52. The molecule has 3 rings (SSSR count). The first-order valence-electron chi connectivity index (χ1n) is 11.5. The van der Waals surface area contributed by atoms with Gasteiger partial charge in [0, 0.05) is 0 Å². The van der Waals surface area contributed by atoms with Crippen LogP contribution in [0.5, 0.6) is 11.6 Å². The fraction of sp³-hybridized carbons (Fsp3) is 0.478. The van der Waals surface area contributed by atoms with Gasteiger partial charge in [-0.25, -0.2) is 9.55 Å². The molecule has 6 atom stereocenters. The quantitative estimate of drug-likeness (QED) is 0.193. The van der Waals surface area contributed by atoms with Gasteiger partial charge in [0.2, 0.25) is 5.88 Å². The summed E-state index contributed by atoms with van der Waals surface area (Å²) in [6, 6.07) is 7.16. The highest BCUT2D eigenvalue weighted by Crippen LogP contribution is 2.46. The fourth-order valence-electron chi connectivity index (χ4n) is 3.75. The molecule has 1 fully saturated rings. The second-order valence-corrected chi connectivity index (χ2v) is 10.6. The second-order valence-electron chi connectivity index (χ2n) is 8.93. The molecule has 0 amide bonds. The van der Waals surface area contributed by atoms with Crippen LogP contribution in [0.3, 0.4) is 0 Å². The van der Waals surface area contributed by atoms with E-state index in [2.05, 4.69) is 16.7 Å². The van der Waals surface area contributed by atoms with Gasteiger partial charge in [0.05, 0.1) is 19.4 Å². The van der Waals surface area contributed by atoms with Crippen molar-refractivity contribution in [3.8, 4) is 11.6 Å². The summed E-state index contributed by atoms with van der Waals surface area (Å²) in [5.74, 6) is -0.834. The monoisotopic (exact) mass is 540 g/mol. The molecule has 0 spiro atoms. The number of ether oxygens (including phenoxy) is 2. The molecule has 1 saturated heterocycles. The predicted octanol–water partition coefficient (Wildman–Crippen LogP) is 1.52. The topological polar surface area (TPSA) is 188 Å². The number of esters is 1. The molecule has 1 unspecified atom stereocenters. The van der Waals surface area contributed by atoms with Crippen molar-refractivity contribution < 1.29 is 43.2 Å². The summed E-state index contributed by atoms with van der Waals surface area (Å²) in [5.41, 5.74) is 5.58. The van der Waals surface area contributed by atoms with Gasteiger partial charge in [-0.2, -0.15) is 5.09 Å².